The number of nitrogens with zero attached hydrogens (tertiary/aromatic N) is 2. The predicted molar refractivity (Wildman–Crippen MR) is 61.0 cm³/mol. The molecule has 2 aliphatic rings. The number of amides is 1. The fraction of sp³-hybridized carbons (Fsp3) is 0.909. The Morgan fingerprint density at radius 3 is 2.69 bits per heavy atom. The second-order valence-electron chi connectivity index (χ2n) is 4.66. The normalized spacial score (nSPS) is 29.4. The zero-order valence-corrected chi connectivity index (χ0v) is 9.89. The van der Waals surface area contributed by atoms with E-state index >= 15 is 0 Å². The molecule has 0 aromatic heterocycles. The number of rotatable bonds is 2. The molecule has 0 radical (unpaired) electrons. The van der Waals surface area contributed by atoms with Crippen LogP contribution in [0, 0.1) is 0 Å². The molecule has 2 unspecified atom stereocenters. The second kappa shape index (κ2) is 5.12. The molecule has 2 N–H and O–H groups in total. The van der Waals surface area contributed by atoms with E-state index in [9.17, 15) is 4.79 Å². The second-order valence-corrected chi connectivity index (χ2v) is 4.66. The van der Waals surface area contributed by atoms with Gasteiger partial charge in [0.25, 0.3) is 0 Å². The number of morpholine rings is 1. The highest BCUT2D eigenvalue weighted by Crippen LogP contribution is 2.17. The van der Waals surface area contributed by atoms with Crippen LogP contribution in [0.25, 0.3) is 0 Å². The Balaban J connectivity index is 1.85. The lowest BCUT2D eigenvalue weighted by Crippen LogP contribution is -2.46. The molecule has 5 nitrogen and oxygen atoms in total. The van der Waals surface area contributed by atoms with Crippen molar-refractivity contribution in [2.45, 2.75) is 25.4 Å². The van der Waals surface area contributed by atoms with Gasteiger partial charge < -0.3 is 15.4 Å². The first-order chi connectivity index (χ1) is 7.68. The zero-order chi connectivity index (χ0) is 11.5. The maximum Gasteiger partial charge on any atom is 0.239 e. The molecule has 2 aliphatic heterocycles. The molecular weight excluding hydrogens is 206 g/mol. The lowest BCUT2D eigenvalue weighted by Gasteiger charge is -2.32. The fourth-order valence-electron chi connectivity index (χ4n) is 2.47. The molecule has 92 valence electrons. The summed E-state index contributed by atoms with van der Waals surface area (Å²) in [6.07, 6.45) is 1.07. The van der Waals surface area contributed by atoms with Gasteiger partial charge in [0.15, 0.2) is 0 Å². The standard InChI is InChI=1S/C11H21N3O2/c1-9(12)11(15)14-3-2-10(8-14)13-4-6-16-7-5-13/h9-10H,2-8,12H2,1H3. The highest BCUT2D eigenvalue weighted by Gasteiger charge is 2.31. The van der Waals surface area contributed by atoms with Crippen molar-refractivity contribution in [2.24, 2.45) is 5.73 Å². The Kier molecular flexibility index (Phi) is 3.78. The molecule has 0 spiro atoms. The molecule has 5 heteroatoms. The van der Waals surface area contributed by atoms with Crippen LogP contribution in [0.1, 0.15) is 13.3 Å². The van der Waals surface area contributed by atoms with Crippen LogP contribution < -0.4 is 5.73 Å². The van der Waals surface area contributed by atoms with Crippen LogP contribution in [0.2, 0.25) is 0 Å². The summed E-state index contributed by atoms with van der Waals surface area (Å²) in [5, 5.41) is 0. The smallest absolute Gasteiger partial charge is 0.239 e. The van der Waals surface area contributed by atoms with Crippen molar-refractivity contribution in [1.29, 1.82) is 0 Å². The predicted octanol–water partition coefficient (Wildman–Crippen LogP) is -0.733. The summed E-state index contributed by atoms with van der Waals surface area (Å²) in [5.41, 5.74) is 5.61. The van der Waals surface area contributed by atoms with E-state index in [-0.39, 0.29) is 11.9 Å². The van der Waals surface area contributed by atoms with Gasteiger partial charge in [-0.15, -0.1) is 0 Å². The van der Waals surface area contributed by atoms with Gasteiger partial charge in [0.1, 0.15) is 0 Å². The number of hydrogen-bond donors (Lipinski definition) is 1. The number of likely N-dealkylation sites (tertiary alicyclic amines) is 1. The molecule has 2 rings (SSSR count). The fourth-order valence-corrected chi connectivity index (χ4v) is 2.47. The average Bonchev–Trinajstić information content (AvgIpc) is 2.78. The van der Waals surface area contributed by atoms with Gasteiger partial charge in [-0.3, -0.25) is 9.69 Å². The van der Waals surface area contributed by atoms with Crippen LogP contribution in [-0.2, 0) is 9.53 Å². The van der Waals surface area contributed by atoms with Crippen LogP contribution in [0.4, 0.5) is 0 Å². The summed E-state index contributed by atoms with van der Waals surface area (Å²) in [7, 11) is 0. The van der Waals surface area contributed by atoms with E-state index < -0.39 is 0 Å². The van der Waals surface area contributed by atoms with Crippen molar-refractivity contribution < 1.29 is 9.53 Å². The highest BCUT2D eigenvalue weighted by molar-refractivity contribution is 5.81. The van der Waals surface area contributed by atoms with Crippen molar-refractivity contribution in [3.05, 3.63) is 0 Å². The van der Waals surface area contributed by atoms with E-state index in [4.69, 9.17) is 10.5 Å². The van der Waals surface area contributed by atoms with Crippen LogP contribution in [0.5, 0.6) is 0 Å². The maximum absolute atomic E-state index is 11.7. The molecule has 0 aliphatic carbocycles. The third-order valence-corrected chi connectivity index (χ3v) is 3.43. The van der Waals surface area contributed by atoms with Crippen LogP contribution in [0.15, 0.2) is 0 Å². The molecule has 2 heterocycles. The highest BCUT2D eigenvalue weighted by atomic mass is 16.5. The SMILES string of the molecule is CC(N)C(=O)N1CCC(N2CCOCC2)C1. The minimum Gasteiger partial charge on any atom is -0.379 e. The molecule has 0 bridgehead atoms. The zero-order valence-electron chi connectivity index (χ0n) is 9.89. The molecular formula is C11H21N3O2. The van der Waals surface area contributed by atoms with Gasteiger partial charge in [-0.1, -0.05) is 0 Å². The third-order valence-electron chi connectivity index (χ3n) is 3.43. The quantitative estimate of drug-likeness (QED) is 0.675. The third kappa shape index (κ3) is 2.53. The largest absolute Gasteiger partial charge is 0.379 e. The van der Waals surface area contributed by atoms with Crippen LogP contribution in [-0.4, -0.2) is 67.2 Å². The summed E-state index contributed by atoms with van der Waals surface area (Å²) >= 11 is 0. The lowest BCUT2D eigenvalue weighted by molar-refractivity contribution is -0.131. The summed E-state index contributed by atoms with van der Waals surface area (Å²) in [4.78, 5) is 16.1. The molecule has 2 atom stereocenters. The lowest BCUT2D eigenvalue weighted by atomic mass is 10.2. The molecule has 1 amide bonds. The monoisotopic (exact) mass is 227 g/mol. The van der Waals surface area contributed by atoms with Gasteiger partial charge in [-0.05, 0) is 13.3 Å². The summed E-state index contributed by atoms with van der Waals surface area (Å²) in [6.45, 7) is 7.05. The van der Waals surface area contributed by atoms with Crippen LogP contribution >= 0.6 is 0 Å². The van der Waals surface area contributed by atoms with Gasteiger partial charge in [-0.2, -0.15) is 0 Å². The molecule has 2 fully saturated rings. The number of carbonyl (C=O) groups excluding carboxylic acids is 1. The minimum absolute atomic E-state index is 0.0794. The summed E-state index contributed by atoms with van der Waals surface area (Å²) in [6, 6.07) is 0.134. The van der Waals surface area contributed by atoms with E-state index in [1.807, 2.05) is 4.90 Å². The molecule has 2 saturated heterocycles. The van der Waals surface area contributed by atoms with Gasteiger partial charge in [0.05, 0.1) is 19.3 Å². The Bertz CT molecular complexity index is 252. The van der Waals surface area contributed by atoms with E-state index in [0.717, 1.165) is 45.8 Å². The number of hydrogen-bond acceptors (Lipinski definition) is 4. The van der Waals surface area contributed by atoms with E-state index in [0.29, 0.717) is 6.04 Å². The topological polar surface area (TPSA) is 58.8 Å². The average molecular weight is 227 g/mol. The summed E-state index contributed by atoms with van der Waals surface area (Å²) < 4.78 is 5.33. The van der Waals surface area contributed by atoms with Crippen molar-refractivity contribution >= 4 is 5.91 Å². The van der Waals surface area contributed by atoms with Gasteiger partial charge in [0, 0.05) is 32.2 Å². The first-order valence-corrected chi connectivity index (χ1v) is 6.04. The van der Waals surface area contributed by atoms with E-state index in [2.05, 4.69) is 4.90 Å². The van der Waals surface area contributed by atoms with Crippen molar-refractivity contribution in [3.63, 3.8) is 0 Å². The van der Waals surface area contributed by atoms with Crippen molar-refractivity contribution in [1.82, 2.24) is 9.80 Å². The number of nitrogens with two attached hydrogens (primary N) is 1. The molecule has 0 saturated carbocycles. The first-order valence-electron chi connectivity index (χ1n) is 6.04. The van der Waals surface area contributed by atoms with Crippen LogP contribution in [0.3, 0.4) is 0 Å². The van der Waals surface area contributed by atoms with Gasteiger partial charge in [-0.25, -0.2) is 0 Å². The number of carbonyl (C=O) groups is 1. The van der Waals surface area contributed by atoms with E-state index in [1.54, 1.807) is 6.92 Å². The van der Waals surface area contributed by atoms with E-state index in [1.165, 1.54) is 0 Å². The summed E-state index contributed by atoms with van der Waals surface area (Å²) in [5.74, 6) is 0.0794. The molecule has 16 heavy (non-hydrogen) atoms. The van der Waals surface area contributed by atoms with Crippen molar-refractivity contribution in [2.75, 3.05) is 39.4 Å². The molecule has 0 aromatic rings. The Morgan fingerprint density at radius 2 is 2.06 bits per heavy atom. The Labute approximate surface area is 96.5 Å². The Morgan fingerprint density at radius 1 is 1.38 bits per heavy atom. The first kappa shape index (κ1) is 11.8. The van der Waals surface area contributed by atoms with Crippen molar-refractivity contribution in [3.8, 4) is 0 Å². The maximum atomic E-state index is 11.7. The number of ether oxygens (including phenoxy) is 1. The minimum atomic E-state index is -0.372. The Hall–Kier alpha value is -0.650. The van der Waals surface area contributed by atoms with Gasteiger partial charge in [0.2, 0.25) is 5.91 Å². The molecule has 0 aromatic carbocycles. The van der Waals surface area contributed by atoms with Gasteiger partial charge >= 0.3 is 0 Å².